The number of H-pyrrole nitrogens is 1. The van der Waals surface area contributed by atoms with Gasteiger partial charge in [0.15, 0.2) is 0 Å². The molecule has 0 spiro atoms. The molecule has 132 valence electrons. The molecule has 0 fully saturated rings. The van der Waals surface area contributed by atoms with Crippen molar-refractivity contribution in [2.75, 3.05) is 5.75 Å². The summed E-state index contributed by atoms with van der Waals surface area (Å²) in [4.78, 5) is 24.8. The van der Waals surface area contributed by atoms with Crippen molar-refractivity contribution in [3.05, 3.63) is 33.1 Å². The first kappa shape index (κ1) is 20.1. The summed E-state index contributed by atoms with van der Waals surface area (Å²) in [6, 6.07) is 1.40. The topological polar surface area (TPSA) is 54.9 Å². The Morgan fingerprint density at radius 2 is 1.78 bits per heavy atom. The summed E-state index contributed by atoms with van der Waals surface area (Å²) >= 11 is 2.12. The van der Waals surface area contributed by atoms with Gasteiger partial charge in [-0.05, 0) is 36.9 Å². The Morgan fingerprint density at radius 3 is 2.39 bits per heavy atom. The molecule has 23 heavy (non-hydrogen) atoms. The van der Waals surface area contributed by atoms with Crippen molar-refractivity contribution < 1.29 is 0 Å². The van der Waals surface area contributed by atoms with Gasteiger partial charge in [-0.15, -0.1) is 0 Å². The van der Waals surface area contributed by atoms with E-state index in [9.17, 15) is 9.59 Å². The van der Waals surface area contributed by atoms with Gasteiger partial charge in [-0.3, -0.25) is 9.78 Å². The maximum Gasteiger partial charge on any atom is 0.328 e. The summed E-state index contributed by atoms with van der Waals surface area (Å²) in [5, 5.41) is 0.773. The molecule has 0 bridgehead atoms. The standard InChI is InChI=1S/C18H32N2O2S/c1-14(2)13-16(15(3)4)23-12-8-6-5-7-10-20-11-9-17(21)19-18(20)22/h9,11,14-16H,5-8,10,12-13H2,1-4H3,(H,19,21,22). The molecule has 1 aromatic heterocycles. The van der Waals surface area contributed by atoms with Gasteiger partial charge >= 0.3 is 5.69 Å². The Kier molecular flexibility index (Phi) is 9.37. The zero-order valence-corrected chi connectivity index (χ0v) is 15.8. The van der Waals surface area contributed by atoms with Crippen molar-refractivity contribution in [1.82, 2.24) is 9.55 Å². The summed E-state index contributed by atoms with van der Waals surface area (Å²) in [5.74, 6) is 2.74. The van der Waals surface area contributed by atoms with Crippen LogP contribution in [-0.4, -0.2) is 20.6 Å². The van der Waals surface area contributed by atoms with Crippen LogP contribution in [0.4, 0.5) is 0 Å². The summed E-state index contributed by atoms with van der Waals surface area (Å²) < 4.78 is 1.58. The summed E-state index contributed by atoms with van der Waals surface area (Å²) in [6.45, 7) is 9.93. The van der Waals surface area contributed by atoms with E-state index in [2.05, 4.69) is 44.4 Å². The highest BCUT2D eigenvalue weighted by Gasteiger charge is 2.14. The van der Waals surface area contributed by atoms with Gasteiger partial charge in [-0.1, -0.05) is 40.5 Å². The lowest BCUT2D eigenvalue weighted by molar-refractivity contribution is 0.489. The highest BCUT2D eigenvalue weighted by atomic mass is 32.2. The molecule has 0 saturated carbocycles. The lowest BCUT2D eigenvalue weighted by Crippen LogP contribution is -2.28. The van der Waals surface area contributed by atoms with Gasteiger partial charge in [0.25, 0.3) is 5.56 Å². The minimum absolute atomic E-state index is 0.304. The van der Waals surface area contributed by atoms with E-state index in [1.165, 1.54) is 31.1 Å². The molecule has 1 aromatic rings. The Morgan fingerprint density at radius 1 is 1.09 bits per heavy atom. The summed E-state index contributed by atoms with van der Waals surface area (Å²) in [7, 11) is 0. The third kappa shape index (κ3) is 8.45. The van der Waals surface area contributed by atoms with Crippen LogP contribution in [0.2, 0.25) is 0 Å². The Balaban J connectivity index is 2.15. The minimum atomic E-state index is -0.329. The molecule has 4 nitrogen and oxygen atoms in total. The maximum atomic E-state index is 11.5. The molecule has 0 aliphatic carbocycles. The molecule has 5 heteroatoms. The van der Waals surface area contributed by atoms with E-state index >= 15 is 0 Å². The van der Waals surface area contributed by atoms with Crippen LogP contribution in [0.25, 0.3) is 0 Å². The van der Waals surface area contributed by atoms with Gasteiger partial charge < -0.3 is 4.57 Å². The smallest absolute Gasteiger partial charge is 0.301 e. The van der Waals surface area contributed by atoms with Crippen LogP contribution in [0.1, 0.15) is 59.8 Å². The molecule has 0 aliphatic heterocycles. The fraction of sp³-hybridized carbons (Fsp3) is 0.778. The van der Waals surface area contributed by atoms with Gasteiger partial charge in [0.2, 0.25) is 0 Å². The molecule has 1 rings (SSSR count). The molecule has 0 amide bonds. The van der Waals surface area contributed by atoms with E-state index in [1.807, 2.05) is 0 Å². The Bertz CT molecular complexity index is 548. The van der Waals surface area contributed by atoms with Crippen LogP contribution < -0.4 is 11.2 Å². The van der Waals surface area contributed by atoms with E-state index in [4.69, 9.17) is 0 Å². The molecule has 1 N–H and O–H groups in total. The first-order valence-corrected chi connectivity index (χ1v) is 9.86. The number of hydrogen-bond donors (Lipinski definition) is 1. The third-order valence-electron chi connectivity index (χ3n) is 3.97. The zero-order valence-electron chi connectivity index (χ0n) is 15.0. The number of nitrogens with one attached hydrogen (secondary N) is 1. The average Bonchev–Trinajstić information content (AvgIpc) is 2.46. The maximum absolute atomic E-state index is 11.5. The van der Waals surface area contributed by atoms with Crippen molar-refractivity contribution in [2.24, 2.45) is 11.8 Å². The summed E-state index contributed by atoms with van der Waals surface area (Å²) in [6.07, 6.45) is 7.44. The largest absolute Gasteiger partial charge is 0.328 e. The molecule has 0 aromatic carbocycles. The zero-order chi connectivity index (χ0) is 17.2. The molecule has 1 atom stereocenters. The number of thioether (sulfide) groups is 1. The number of unbranched alkanes of at least 4 members (excludes halogenated alkanes) is 3. The van der Waals surface area contributed by atoms with Crippen molar-refractivity contribution in [2.45, 2.75) is 71.6 Å². The van der Waals surface area contributed by atoms with Crippen molar-refractivity contribution in [3.8, 4) is 0 Å². The predicted octanol–water partition coefficient (Wildman–Crippen LogP) is 3.90. The van der Waals surface area contributed by atoms with Crippen molar-refractivity contribution in [1.29, 1.82) is 0 Å². The van der Waals surface area contributed by atoms with Crippen LogP contribution in [0.5, 0.6) is 0 Å². The monoisotopic (exact) mass is 340 g/mol. The lowest BCUT2D eigenvalue weighted by atomic mass is 10.0. The van der Waals surface area contributed by atoms with Gasteiger partial charge in [-0.2, -0.15) is 11.8 Å². The normalized spacial score (nSPS) is 13.0. The second-order valence-corrected chi connectivity index (χ2v) is 8.35. The number of nitrogens with zero attached hydrogens (tertiary/aromatic N) is 1. The van der Waals surface area contributed by atoms with Gasteiger partial charge in [-0.25, -0.2) is 4.79 Å². The molecule has 1 heterocycles. The third-order valence-corrected chi connectivity index (χ3v) is 5.66. The van der Waals surface area contributed by atoms with E-state index in [-0.39, 0.29) is 11.2 Å². The minimum Gasteiger partial charge on any atom is -0.301 e. The molecule has 0 radical (unpaired) electrons. The van der Waals surface area contributed by atoms with E-state index in [0.717, 1.165) is 29.9 Å². The number of rotatable bonds is 11. The van der Waals surface area contributed by atoms with E-state index < -0.39 is 0 Å². The van der Waals surface area contributed by atoms with Crippen LogP contribution in [-0.2, 0) is 6.54 Å². The van der Waals surface area contributed by atoms with Crippen LogP contribution >= 0.6 is 11.8 Å². The SMILES string of the molecule is CC(C)CC(SCCCCCCn1ccc(=O)[nH]c1=O)C(C)C. The Hall–Kier alpha value is -0.970. The number of aromatic nitrogens is 2. The fourth-order valence-electron chi connectivity index (χ4n) is 2.59. The lowest BCUT2D eigenvalue weighted by Gasteiger charge is -2.22. The highest BCUT2D eigenvalue weighted by Crippen LogP contribution is 2.27. The quantitative estimate of drug-likeness (QED) is 0.622. The van der Waals surface area contributed by atoms with E-state index in [1.54, 1.807) is 10.8 Å². The predicted molar refractivity (Wildman–Crippen MR) is 100 cm³/mol. The van der Waals surface area contributed by atoms with Crippen LogP contribution in [0, 0.1) is 11.8 Å². The second-order valence-electron chi connectivity index (χ2n) is 7.00. The molecular formula is C18H32N2O2S. The molecule has 0 saturated heterocycles. The average molecular weight is 341 g/mol. The van der Waals surface area contributed by atoms with Gasteiger partial charge in [0.1, 0.15) is 0 Å². The van der Waals surface area contributed by atoms with E-state index in [0.29, 0.717) is 6.54 Å². The number of hydrogen-bond acceptors (Lipinski definition) is 3. The molecular weight excluding hydrogens is 308 g/mol. The van der Waals surface area contributed by atoms with Gasteiger partial charge in [0.05, 0.1) is 0 Å². The Labute approximate surface area is 144 Å². The molecule has 0 aliphatic rings. The first-order chi connectivity index (χ1) is 10.9. The second kappa shape index (κ2) is 10.7. The van der Waals surface area contributed by atoms with Crippen LogP contribution in [0.3, 0.4) is 0 Å². The number of aryl methyl sites for hydroxylation is 1. The molecule has 1 unspecified atom stereocenters. The first-order valence-electron chi connectivity index (χ1n) is 8.81. The van der Waals surface area contributed by atoms with Gasteiger partial charge in [0, 0.05) is 24.1 Å². The fourth-order valence-corrected chi connectivity index (χ4v) is 4.17. The summed E-state index contributed by atoms with van der Waals surface area (Å²) in [5.41, 5.74) is -0.633. The van der Waals surface area contributed by atoms with Crippen LogP contribution in [0.15, 0.2) is 21.9 Å². The number of aromatic amines is 1. The van der Waals surface area contributed by atoms with Crippen molar-refractivity contribution >= 4 is 11.8 Å². The van der Waals surface area contributed by atoms with Crippen molar-refractivity contribution in [3.63, 3.8) is 0 Å². The highest BCUT2D eigenvalue weighted by molar-refractivity contribution is 7.99.